The predicted octanol–water partition coefficient (Wildman–Crippen LogP) is 1.98. The van der Waals surface area contributed by atoms with E-state index in [9.17, 15) is 9.59 Å². The number of fused-ring (bicyclic) bond motifs is 1. The third-order valence-electron chi connectivity index (χ3n) is 6.47. The molecule has 0 atom stereocenters. The first-order chi connectivity index (χ1) is 15.7. The smallest absolute Gasteiger partial charge is 0.332 e. The summed E-state index contributed by atoms with van der Waals surface area (Å²) in [4.78, 5) is 34.4. The highest BCUT2D eigenvalue weighted by Gasteiger charge is 2.26. The molecule has 2 aromatic heterocycles. The maximum Gasteiger partial charge on any atom is 0.332 e. The van der Waals surface area contributed by atoms with Crippen LogP contribution < -0.4 is 21.5 Å². The van der Waals surface area contributed by atoms with Crippen LogP contribution in [0.3, 0.4) is 0 Å². The molecule has 1 aromatic carbocycles. The Balaban J connectivity index is 1.57. The van der Waals surface area contributed by atoms with Gasteiger partial charge in [0.15, 0.2) is 16.3 Å². The van der Waals surface area contributed by atoms with E-state index in [0.717, 1.165) is 48.8 Å². The number of piperazine rings is 1. The number of hydrogen-bond acceptors (Lipinski definition) is 5. The summed E-state index contributed by atoms with van der Waals surface area (Å²) < 4.78 is 4.56. The number of imidazole rings is 1. The number of nitrogens with one attached hydrogen (secondary N) is 1. The molecule has 0 amide bonds. The van der Waals surface area contributed by atoms with Gasteiger partial charge in [0.1, 0.15) is 0 Å². The first-order valence-electron chi connectivity index (χ1n) is 11.3. The van der Waals surface area contributed by atoms with Gasteiger partial charge in [-0.1, -0.05) is 19.1 Å². The summed E-state index contributed by atoms with van der Waals surface area (Å²) in [5.74, 6) is 0.734. The summed E-state index contributed by atoms with van der Waals surface area (Å²) in [6.45, 7) is 9.82. The Labute approximate surface area is 198 Å². The fourth-order valence-corrected chi connectivity index (χ4v) is 4.59. The Bertz CT molecular complexity index is 1330. The number of rotatable bonds is 4. The van der Waals surface area contributed by atoms with Gasteiger partial charge in [-0.2, -0.15) is 4.98 Å². The van der Waals surface area contributed by atoms with E-state index in [4.69, 9.17) is 17.2 Å². The summed E-state index contributed by atoms with van der Waals surface area (Å²) in [6.07, 6.45) is 0.855. The van der Waals surface area contributed by atoms with Crippen molar-refractivity contribution >= 4 is 40.1 Å². The molecule has 1 fully saturated rings. The Morgan fingerprint density at radius 3 is 2.45 bits per heavy atom. The Kier molecular flexibility index (Phi) is 6.29. The molecule has 0 radical (unpaired) electrons. The van der Waals surface area contributed by atoms with Gasteiger partial charge in [0.2, 0.25) is 5.95 Å². The zero-order valence-electron chi connectivity index (χ0n) is 19.9. The predicted molar refractivity (Wildman–Crippen MR) is 136 cm³/mol. The number of hydrogen-bond donors (Lipinski definition) is 1. The molecule has 0 aliphatic carbocycles. The van der Waals surface area contributed by atoms with Gasteiger partial charge in [0.25, 0.3) is 5.56 Å². The number of thiocarbonyl (C=S) groups is 1. The minimum Gasteiger partial charge on any atom is -0.345 e. The van der Waals surface area contributed by atoms with E-state index < -0.39 is 0 Å². The van der Waals surface area contributed by atoms with E-state index in [1.807, 2.05) is 16.7 Å². The van der Waals surface area contributed by atoms with E-state index >= 15 is 0 Å². The molecule has 1 aliphatic heterocycles. The van der Waals surface area contributed by atoms with E-state index in [1.165, 1.54) is 22.7 Å². The number of benzene rings is 1. The first-order valence-corrected chi connectivity index (χ1v) is 11.7. The molecule has 1 N–H and O–H groups in total. The monoisotopic (exact) mass is 469 g/mol. The fraction of sp³-hybridized carbons (Fsp3) is 0.478. The lowest BCUT2D eigenvalue weighted by Gasteiger charge is -2.37. The molecule has 0 saturated carbocycles. The van der Waals surface area contributed by atoms with E-state index in [-0.39, 0.29) is 11.2 Å². The minimum absolute atomic E-state index is 0.308. The topological polar surface area (TPSA) is 80.3 Å². The molecule has 0 bridgehead atoms. The van der Waals surface area contributed by atoms with Gasteiger partial charge in [0, 0.05) is 52.5 Å². The molecule has 4 rings (SSSR count). The van der Waals surface area contributed by atoms with Crippen molar-refractivity contribution < 1.29 is 0 Å². The van der Waals surface area contributed by atoms with Gasteiger partial charge >= 0.3 is 5.69 Å². The lowest BCUT2D eigenvalue weighted by molar-refractivity contribution is 0.386. The summed E-state index contributed by atoms with van der Waals surface area (Å²) in [6, 6.07) is 6.16. The largest absolute Gasteiger partial charge is 0.345 e. The van der Waals surface area contributed by atoms with Crippen molar-refractivity contribution in [2.24, 2.45) is 14.1 Å². The second-order valence-electron chi connectivity index (χ2n) is 8.59. The van der Waals surface area contributed by atoms with Gasteiger partial charge in [-0.25, -0.2) is 4.79 Å². The molecule has 10 heteroatoms. The Hall–Kier alpha value is -3.14. The molecule has 33 heavy (non-hydrogen) atoms. The number of nitrogens with zero attached hydrogens (tertiary/aromatic N) is 6. The highest BCUT2D eigenvalue weighted by atomic mass is 32.1. The van der Waals surface area contributed by atoms with Crippen LogP contribution in [-0.4, -0.2) is 54.9 Å². The molecule has 3 aromatic rings. The number of anilines is 2. The van der Waals surface area contributed by atoms with Crippen LogP contribution in [0.4, 0.5) is 11.6 Å². The van der Waals surface area contributed by atoms with Crippen LogP contribution in [0, 0.1) is 13.8 Å². The molecular weight excluding hydrogens is 438 g/mol. The highest BCUT2D eigenvalue weighted by molar-refractivity contribution is 7.80. The molecule has 3 heterocycles. The maximum atomic E-state index is 12.9. The lowest BCUT2D eigenvalue weighted by Crippen LogP contribution is -2.50. The standard InChI is InChI=1S/C23H31N7O2S/c1-6-10-30-18-19(26(4)23(32)27(5)20(18)31)25-21(30)28-11-13-29(14-12-28)22(33)24-17-9-7-8-15(2)16(17)3/h7-9H,6,10-14H2,1-5H3,(H,24,33). The van der Waals surface area contributed by atoms with Gasteiger partial charge < -0.3 is 19.7 Å². The first kappa shape index (κ1) is 23.0. The van der Waals surface area contributed by atoms with Crippen LogP contribution in [0.5, 0.6) is 0 Å². The van der Waals surface area contributed by atoms with Crippen molar-refractivity contribution in [3.8, 4) is 0 Å². The van der Waals surface area contributed by atoms with Crippen molar-refractivity contribution in [3.05, 3.63) is 50.2 Å². The van der Waals surface area contributed by atoms with Crippen molar-refractivity contribution in [3.63, 3.8) is 0 Å². The quantitative estimate of drug-likeness (QED) is 0.585. The van der Waals surface area contributed by atoms with Gasteiger partial charge in [0.05, 0.1) is 0 Å². The number of aryl methyl sites for hydroxylation is 3. The zero-order valence-corrected chi connectivity index (χ0v) is 20.7. The van der Waals surface area contributed by atoms with E-state index in [0.29, 0.717) is 22.8 Å². The van der Waals surface area contributed by atoms with Crippen molar-refractivity contribution in [1.29, 1.82) is 0 Å². The van der Waals surface area contributed by atoms with Gasteiger partial charge in [-0.15, -0.1) is 0 Å². The van der Waals surface area contributed by atoms with Gasteiger partial charge in [-0.05, 0) is 49.7 Å². The van der Waals surface area contributed by atoms with Crippen molar-refractivity contribution in [2.45, 2.75) is 33.7 Å². The van der Waals surface area contributed by atoms with E-state index in [1.54, 1.807) is 7.05 Å². The van der Waals surface area contributed by atoms with Gasteiger partial charge in [-0.3, -0.25) is 13.9 Å². The van der Waals surface area contributed by atoms with Crippen LogP contribution in [0.15, 0.2) is 27.8 Å². The second kappa shape index (κ2) is 9.01. The maximum absolute atomic E-state index is 12.9. The number of aromatic nitrogens is 4. The molecule has 1 saturated heterocycles. The summed E-state index contributed by atoms with van der Waals surface area (Å²) in [5, 5.41) is 4.10. The molecule has 176 valence electrons. The van der Waals surface area contributed by atoms with Crippen LogP contribution in [-0.2, 0) is 20.6 Å². The average molecular weight is 470 g/mol. The zero-order chi connectivity index (χ0) is 23.9. The Morgan fingerprint density at radius 1 is 1.09 bits per heavy atom. The third-order valence-corrected chi connectivity index (χ3v) is 6.83. The van der Waals surface area contributed by atoms with Crippen LogP contribution in [0.2, 0.25) is 0 Å². The average Bonchev–Trinajstić information content (AvgIpc) is 3.19. The SMILES string of the molecule is CCCn1c(N2CCN(C(=S)Nc3cccc(C)c3C)CC2)nc2c1c(=O)n(C)c(=O)n2C. The second-order valence-corrected chi connectivity index (χ2v) is 8.98. The van der Waals surface area contributed by atoms with Crippen LogP contribution in [0.25, 0.3) is 11.2 Å². The van der Waals surface area contributed by atoms with E-state index in [2.05, 4.69) is 42.0 Å². The lowest BCUT2D eigenvalue weighted by atomic mass is 10.1. The highest BCUT2D eigenvalue weighted by Crippen LogP contribution is 2.23. The third kappa shape index (κ3) is 4.03. The molecule has 1 aliphatic rings. The normalized spacial score (nSPS) is 14.2. The van der Waals surface area contributed by atoms with Crippen LogP contribution in [0.1, 0.15) is 24.5 Å². The van der Waals surface area contributed by atoms with Crippen molar-refractivity contribution in [2.75, 3.05) is 36.4 Å². The van der Waals surface area contributed by atoms with Crippen molar-refractivity contribution in [1.82, 2.24) is 23.6 Å². The minimum atomic E-state index is -0.368. The molecule has 0 unspecified atom stereocenters. The molecule has 0 spiro atoms. The Morgan fingerprint density at radius 2 is 1.79 bits per heavy atom. The molecular formula is C23H31N7O2S. The summed E-state index contributed by atoms with van der Waals surface area (Å²) >= 11 is 5.69. The summed E-state index contributed by atoms with van der Waals surface area (Å²) in [7, 11) is 3.17. The fourth-order valence-electron chi connectivity index (χ4n) is 4.30. The van der Waals surface area contributed by atoms with Crippen LogP contribution >= 0.6 is 12.2 Å². The summed E-state index contributed by atoms with van der Waals surface area (Å²) in [5.41, 5.74) is 3.68. The molecule has 9 nitrogen and oxygen atoms in total.